The second-order valence-corrected chi connectivity index (χ2v) is 12.1. The molecule has 4 heterocycles. The largest absolute Gasteiger partial charge is 0.376 e. The standard InChI is InChI=1S/C40H28BN5/c1-2-11-28(12-3-1)43-27-44(40-18-9-8-17-39(40)43)29-19-21-31-33-13-4-6-15-37(33)46-38-16-7-5-14-34(38)32-22-20-30(45-24-10-23-42-45)26-36(32)41(46)35(31)25-29/h1-26H,27H2. The summed E-state index contributed by atoms with van der Waals surface area (Å²) in [5.74, 6) is 0. The fraction of sp³-hybridized carbons (Fsp3) is 0.0250. The summed E-state index contributed by atoms with van der Waals surface area (Å²) < 4.78 is 1.96. The van der Waals surface area contributed by atoms with Gasteiger partial charge in [-0.15, -0.1) is 0 Å². The molecule has 46 heavy (non-hydrogen) atoms. The fourth-order valence-electron chi connectivity index (χ4n) is 7.72. The fourth-order valence-corrected chi connectivity index (χ4v) is 7.72. The van der Waals surface area contributed by atoms with Crippen LogP contribution in [0.3, 0.4) is 0 Å². The van der Waals surface area contributed by atoms with Crippen molar-refractivity contribution in [3.63, 3.8) is 0 Å². The lowest BCUT2D eigenvalue weighted by Crippen LogP contribution is -2.59. The summed E-state index contributed by atoms with van der Waals surface area (Å²) in [5.41, 5.74) is 16.0. The SMILES string of the molecule is c1ccc(N2CN(c3ccc4c(c3)B3c5cc(-n6cccn6)ccc5-c5ccccc5N3c3ccccc3-4)c3ccccc32)cc1. The molecule has 10 rings (SSSR count). The molecule has 1 aromatic heterocycles. The van der Waals surface area contributed by atoms with E-state index in [0.717, 1.165) is 12.4 Å². The monoisotopic (exact) mass is 589 g/mol. The van der Waals surface area contributed by atoms with Crippen LogP contribution in [0.15, 0.2) is 158 Å². The lowest BCUT2D eigenvalue weighted by Gasteiger charge is -2.43. The Morgan fingerprint density at radius 2 is 1.00 bits per heavy atom. The van der Waals surface area contributed by atoms with Gasteiger partial charge in [-0.3, -0.25) is 0 Å². The number of para-hydroxylation sites is 5. The molecule has 0 fully saturated rings. The van der Waals surface area contributed by atoms with Gasteiger partial charge in [0, 0.05) is 46.3 Å². The third-order valence-corrected chi connectivity index (χ3v) is 9.72. The molecule has 0 bridgehead atoms. The molecule has 0 atom stereocenters. The van der Waals surface area contributed by atoms with Crippen LogP contribution < -0.4 is 25.5 Å². The van der Waals surface area contributed by atoms with E-state index >= 15 is 0 Å². The summed E-state index contributed by atoms with van der Waals surface area (Å²) in [4.78, 5) is 7.41. The zero-order chi connectivity index (χ0) is 30.2. The van der Waals surface area contributed by atoms with Gasteiger partial charge in [0.1, 0.15) is 6.67 Å². The van der Waals surface area contributed by atoms with Crippen LogP contribution in [0.25, 0.3) is 27.9 Å². The van der Waals surface area contributed by atoms with Crippen molar-refractivity contribution in [1.82, 2.24) is 9.78 Å². The van der Waals surface area contributed by atoms with E-state index < -0.39 is 0 Å². The van der Waals surface area contributed by atoms with Crippen LogP contribution in [-0.2, 0) is 0 Å². The van der Waals surface area contributed by atoms with Crippen molar-refractivity contribution in [3.05, 3.63) is 158 Å². The van der Waals surface area contributed by atoms with Gasteiger partial charge in [0.05, 0.1) is 17.1 Å². The molecule has 0 saturated heterocycles. The Hall–Kier alpha value is -6.01. The van der Waals surface area contributed by atoms with E-state index in [0.29, 0.717) is 0 Å². The van der Waals surface area contributed by atoms with E-state index in [9.17, 15) is 0 Å². The van der Waals surface area contributed by atoms with Gasteiger partial charge in [-0.1, -0.05) is 78.9 Å². The summed E-state index contributed by atoms with van der Waals surface area (Å²) in [7, 11) is 0. The lowest BCUT2D eigenvalue weighted by atomic mass is 9.43. The Balaban J connectivity index is 1.20. The number of anilines is 6. The second-order valence-electron chi connectivity index (χ2n) is 12.1. The maximum absolute atomic E-state index is 4.58. The van der Waals surface area contributed by atoms with E-state index in [1.165, 1.54) is 67.3 Å². The number of fused-ring (bicyclic) bond motifs is 12. The molecular weight excluding hydrogens is 561 g/mol. The average molecular weight is 590 g/mol. The summed E-state index contributed by atoms with van der Waals surface area (Å²) in [6.07, 6.45) is 3.86. The normalized spacial score (nSPS) is 13.8. The minimum atomic E-state index is -0.00617. The highest BCUT2D eigenvalue weighted by Gasteiger charge is 2.43. The maximum Gasteiger partial charge on any atom is 0.329 e. The van der Waals surface area contributed by atoms with Crippen LogP contribution in [-0.4, -0.2) is 23.3 Å². The summed E-state index contributed by atoms with van der Waals surface area (Å²) in [6, 6.07) is 53.0. The van der Waals surface area contributed by atoms with Crippen LogP contribution in [0, 0.1) is 0 Å². The van der Waals surface area contributed by atoms with Gasteiger partial charge < -0.3 is 14.6 Å². The first-order chi connectivity index (χ1) is 22.8. The molecule has 0 unspecified atom stereocenters. The summed E-state index contributed by atoms with van der Waals surface area (Å²) >= 11 is 0. The van der Waals surface area contributed by atoms with Gasteiger partial charge in [-0.05, 0) is 88.8 Å². The van der Waals surface area contributed by atoms with Gasteiger partial charge in [0.15, 0.2) is 0 Å². The number of hydrogen-bond donors (Lipinski definition) is 0. The van der Waals surface area contributed by atoms with Crippen LogP contribution >= 0.6 is 0 Å². The first kappa shape index (κ1) is 25.3. The zero-order valence-electron chi connectivity index (χ0n) is 25.0. The molecule has 5 nitrogen and oxygen atoms in total. The molecule has 0 radical (unpaired) electrons. The Morgan fingerprint density at radius 1 is 0.457 bits per heavy atom. The number of hydrogen-bond acceptors (Lipinski definition) is 4. The van der Waals surface area contributed by atoms with Crippen molar-refractivity contribution in [1.29, 1.82) is 0 Å². The Labute approximate surface area is 268 Å². The predicted molar refractivity (Wildman–Crippen MR) is 190 cm³/mol. The minimum Gasteiger partial charge on any atom is -0.376 e. The quantitative estimate of drug-likeness (QED) is 0.195. The molecule has 216 valence electrons. The van der Waals surface area contributed by atoms with E-state index in [1.807, 2.05) is 23.1 Å². The van der Waals surface area contributed by atoms with Crippen molar-refractivity contribution in [2.75, 3.05) is 21.3 Å². The Morgan fingerprint density at radius 3 is 1.63 bits per heavy atom. The van der Waals surface area contributed by atoms with Crippen molar-refractivity contribution in [2.45, 2.75) is 0 Å². The van der Waals surface area contributed by atoms with E-state index in [-0.39, 0.29) is 6.85 Å². The lowest BCUT2D eigenvalue weighted by molar-refractivity contribution is 0.881. The van der Waals surface area contributed by atoms with Crippen LogP contribution in [0.2, 0.25) is 0 Å². The number of nitrogens with zero attached hydrogens (tertiary/aromatic N) is 5. The first-order valence-corrected chi connectivity index (χ1v) is 15.8. The van der Waals surface area contributed by atoms with Crippen LogP contribution in [0.1, 0.15) is 0 Å². The van der Waals surface area contributed by atoms with Crippen molar-refractivity contribution < 1.29 is 0 Å². The van der Waals surface area contributed by atoms with Crippen molar-refractivity contribution in [2.24, 2.45) is 0 Å². The molecule has 0 N–H and O–H groups in total. The molecular formula is C40H28BN5. The molecule has 0 saturated carbocycles. The Kier molecular flexibility index (Phi) is 5.37. The molecule has 0 aliphatic carbocycles. The van der Waals surface area contributed by atoms with Crippen LogP contribution in [0.4, 0.5) is 34.1 Å². The predicted octanol–water partition coefficient (Wildman–Crippen LogP) is 8.02. The topological polar surface area (TPSA) is 27.5 Å². The molecule has 0 spiro atoms. The highest BCUT2D eigenvalue weighted by molar-refractivity contribution is 6.92. The highest BCUT2D eigenvalue weighted by Crippen LogP contribution is 2.48. The van der Waals surface area contributed by atoms with Gasteiger partial charge in [0.25, 0.3) is 0 Å². The van der Waals surface area contributed by atoms with Crippen molar-refractivity contribution >= 4 is 51.9 Å². The molecule has 0 amide bonds. The second kappa shape index (κ2) is 9.75. The molecule has 6 heteroatoms. The van der Waals surface area contributed by atoms with Crippen LogP contribution in [0.5, 0.6) is 0 Å². The third kappa shape index (κ3) is 3.61. The molecule has 6 aromatic carbocycles. The molecule has 7 aromatic rings. The molecule has 3 aliphatic heterocycles. The minimum absolute atomic E-state index is 0.00617. The third-order valence-electron chi connectivity index (χ3n) is 9.72. The van der Waals surface area contributed by atoms with E-state index in [4.69, 9.17) is 0 Å². The van der Waals surface area contributed by atoms with Gasteiger partial charge in [0.2, 0.25) is 0 Å². The number of rotatable bonds is 3. The summed E-state index contributed by atoms with van der Waals surface area (Å²) in [5, 5.41) is 4.58. The van der Waals surface area contributed by atoms with Gasteiger partial charge in [-0.2, -0.15) is 5.10 Å². The maximum atomic E-state index is 4.58. The Bertz CT molecular complexity index is 2280. The van der Waals surface area contributed by atoms with E-state index in [2.05, 4.69) is 159 Å². The van der Waals surface area contributed by atoms with Gasteiger partial charge >= 0.3 is 6.85 Å². The average Bonchev–Trinajstić information content (AvgIpc) is 3.81. The molecule has 3 aliphatic rings. The first-order valence-electron chi connectivity index (χ1n) is 15.8. The smallest absolute Gasteiger partial charge is 0.329 e. The number of benzene rings is 6. The van der Waals surface area contributed by atoms with Gasteiger partial charge in [-0.25, -0.2) is 4.68 Å². The highest BCUT2D eigenvalue weighted by atomic mass is 15.4. The zero-order valence-corrected chi connectivity index (χ0v) is 25.0. The van der Waals surface area contributed by atoms with Crippen molar-refractivity contribution in [3.8, 4) is 27.9 Å². The number of aromatic nitrogens is 2. The summed E-state index contributed by atoms with van der Waals surface area (Å²) in [6.45, 7) is 0.740. The van der Waals surface area contributed by atoms with E-state index in [1.54, 1.807) is 0 Å².